The van der Waals surface area contributed by atoms with Crippen molar-refractivity contribution in [3.63, 3.8) is 0 Å². The van der Waals surface area contributed by atoms with Crippen molar-refractivity contribution in [3.8, 4) is 0 Å². The molecule has 1 fully saturated rings. The number of nitrogens with zero attached hydrogens (tertiary/aromatic N) is 1. The highest BCUT2D eigenvalue weighted by Crippen LogP contribution is 2.38. The number of aromatic nitrogens is 1. The Bertz CT molecular complexity index is 775. The molecule has 0 aliphatic heterocycles. The number of aliphatic carboxylic acids is 1. The quantitative estimate of drug-likeness (QED) is 0.937. The lowest BCUT2D eigenvalue weighted by Crippen LogP contribution is -2.21. The highest BCUT2D eigenvalue weighted by atomic mass is 79.9. The van der Waals surface area contributed by atoms with E-state index in [9.17, 15) is 9.59 Å². The van der Waals surface area contributed by atoms with E-state index in [-0.39, 0.29) is 11.8 Å². The first-order valence-corrected chi connectivity index (χ1v) is 7.33. The summed E-state index contributed by atoms with van der Waals surface area (Å²) in [6.07, 6.45) is 1.94. The van der Waals surface area contributed by atoms with E-state index in [0.717, 1.165) is 28.5 Å². The molecule has 2 aromatic rings. The molecule has 104 valence electrons. The van der Waals surface area contributed by atoms with Gasteiger partial charge in [0.1, 0.15) is 0 Å². The number of carbonyl (C=O) groups is 1. The number of hydrogen-bond donors (Lipinski definition) is 1. The van der Waals surface area contributed by atoms with Crippen LogP contribution in [0.25, 0.3) is 10.9 Å². The van der Waals surface area contributed by atoms with Crippen molar-refractivity contribution in [2.45, 2.75) is 32.2 Å². The van der Waals surface area contributed by atoms with Gasteiger partial charge in [-0.25, -0.2) is 0 Å². The fraction of sp³-hybridized carbons (Fsp3) is 0.333. The van der Waals surface area contributed by atoms with E-state index in [4.69, 9.17) is 5.11 Å². The third-order valence-electron chi connectivity index (χ3n) is 3.78. The van der Waals surface area contributed by atoms with Gasteiger partial charge in [-0.3, -0.25) is 9.59 Å². The molecule has 0 spiro atoms. The maximum Gasteiger partial charge on any atom is 0.308 e. The summed E-state index contributed by atoms with van der Waals surface area (Å²) < 4.78 is 3.05. The molecule has 1 aromatic carbocycles. The summed E-state index contributed by atoms with van der Waals surface area (Å²) in [4.78, 5) is 23.5. The number of fused-ring (bicyclic) bond motifs is 1. The smallest absolute Gasteiger partial charge is 0.308 e. The Balaban J connectivity index is 2.39. The van der Waals surface area contributed by atoms with Crippen LogP contribution >= 0.6 is 15.9 Å². The number of carboxylic acids is 1. The molecule has 4 nitrogen and oxygen atoms in total. The first-order valence-electron chi connectivity index (χ1n) is 6.54. The molecule has 1 aliphatic rings. The molecular formula is C15H14BrNO3. The van der Waals surface area contributed by atoms with Crippen LogP contribution in [0, 0.1) is 6.92 Å². The van der Waals surface area contributed by atoms with Crippen LogP contribution in [0.2, 0.25) is 0 Å². The molecule has 5 heteroatoms. The third kappa shape index (κ3) is 2.16. The summed E-state index contributed by atoms with van der Waals surface area (Å²) >= 11 is 3.43. The van der Waals surface area contributed by atoms with Gasteiger partial charge in [0, 0.05) is 27.2 Å². The maximum atomic E-state index is 12.5. The Labute approximate surface area is 124 Å². The standard InChI is InChI=1S/C15H14BrNO3/c1-8-12(7-14(18)19)15(20)11-5-2-9(16)6-13(11)17(8)10-3-4-10/h2,5-6,10H,3-4,7H2,1H3,(H,18,19). The number of hydrogen-bond acceptors (Lipinski definition) is 2. The van der Waals surface area contributed by atoms with Crippen LogP contribution in [-0.4, -0.2) is 15.6 Å². The molecule has 1 aromatic heterocycles. The van der Waals surface area contributed by atoms with Crippen molar-refractivity contribution in [1.29, 1.82) is 0 Å². The zero-order valence-electron chi connectivity index (χ0n) is 11.0. The zero-order chi connectivity index (χ0) is 14.4. The summed E-state index contributed by atoms with van der Waals surface area (Å²) in [7, 11) is 0. The van der Waals surface area contributed by atoms with Gasteiger partial charge >= 0.3 is 5.97 Å². The van der Waals surface area contributed by atoms with Gasteiger partial charge in [-0.1, -0.05) is 15.9 Å². The number of rotatable bonds is 3. The maximum absolute atomic E-state index is 12.5. The average Bonchev–Trinajstić information content (AvgIpc) is 3.18. The fourth-order valence-corrected chi connectivity index (χ4v) is 3.06. The van der Waals surface area contributed by atoms with Gasteiger partial charge in [-0.2, -0.15) is 0 Å². The molecule has 0 radical (unpaired) electrons. The molecular weight excluding hydrogens is 322 g/mol. The van der Waals surface area contributed by atoms with Crippen LogP contribution in [0.4, 0.5) is 0 Å². The van der Waals surface area contributed by atoms with Gasteiger partial charge < -0.3 is 9.67 Å². The minimum atomic E-state index is -0.969. The van der Waals surface area contributed by atoms with E-state index < -0.39 is 5.97 Å². The molecule has 1 saturated carbocycles. The predicted molar refractivity (Wildman–Crippen MR) is 80.3 cm³/mol. The second-order valence-corrected chi connectivity index (χ2v) is 6.14. The molecule has 0 bridgehead atoms. The van der Waals surface area contributed by atoms with E-state index in [0.29, 0.717) is 17.0 Å². The lowest BCUT2D eigenvalue weighted by molar-refractivity contribution is -0.136. The zero-order valence-corrected chi connectivity index (χ0v) is 12.6. The van der Waals surface area contributed by atoms with Gasteiger partial charge in [0.15, 0.2) is 5.43 Å². The van der Waals surface area contributed by atoms with E-state index in [1.807, 2.05) is 19.1 Å². The Morgan fingerprint density at radius 2 is 2.15 bits per heavy atom. The highest BCUT2D eigenvalue weighted by molar-refractivity contribution is 9.10. The SMILES string of the molecule is Cc1c(CC(=O)O)c(=O)c2ccc(Br)cc2n1C1CC1. The Morgan fingerprint density at radius 3 is 2.75 bits per heavy atom. The summed E-state index contributed by atoms with van der Waals surface area (Å²) in [6.45, 7) is 1.85. The normalized spacial score (nSPS) is 14.7. The van der Waals surface area contributed by atoms with Crippen molar-refractivity contribution in [1.82, 2.24) is 4.57 Å². The van der Waals surface area contributed by atoms with Gasteiger partial charge in [0.2, 0.25) is 0 Å². The van der Waals surface area contributed by atoms with Gasteiger partial charge in [0.25, 0.3) is 0 Å². The minimum Gasteiger partial charge on any atom is -0.481 e. The largest absolute Gasteiger partial charge is 0.481 e. The van der Waals surface area contributed by atoms with Gasteiger partial charge in [-0.05, 0) is 38.0 Å². The Hall–Kier alpha value is -1.62. The topological polar surface area (TPSA) is 59.3 Å². The highest BCUT2D eigenvalue weighted by Gasteiger charge is 2.28. The van der Waals surface area contributed by atoms with Crippen LogP contribution in [-0.2, 0) is 11.2 Å². The Kier molecular flexibility index (Phi) is 3.17. The summed E-state index contributed by atoms with van der Waals surface area (Å²) in [6, 6.07) is 5.92. The second kappa shape index (κ2) is 4.74. The van der Waals surface area contributed by atoms with Crippen molar-refractivity contribution < 1.29 is 9.90 Å². The fourth-order valence-electron chi connectivity index (χ4n) is 2.71. The molecule has 1 aliphatic carbocycles. The van der Waals surface area contributed by atoms with Crippen molar-refractivity contribution >= 4 is 32.8 Å². The van der Waals surface area contributed by atoms with Crippen LogP contribution in [0.5, 0.6) is 0 Å². The van der Waals surface area contributed by atoms with Crippen LogP contribution in [0.3, 0.4) is 0 Å². The summed E-state index contributed by atoms with van der Waals surface area (Å²) in [5.41, 5.74) is 1.91. The number of benzene rings is 1. The molecule has 0 saturated heterocycles. The lowest BCUT2D eigenvalue weighted by atomic mass is 10.0. The van der Waals surface area contributed by atoms with Crippen molar-refractivity contribution in [3.05, 3.63) is 44.2 Å². The van der Waals surface area contributed by atoms with Crippen molar-refractivity contribution in [2.75, 3.05) is 0 Å². The van der Waals surface area contributed by atoms with Crippen LogP contribution in [0.15, 0.2) is 27.5 Å². The first kappa shape index (κ1) is 13.4. The van der Waals surface area contributed by atoms with Gasteiger partial charge in [0.05, 0.1) is 11.9 Å². The number of pyridine rings is 1. The molecule has 0 amide bonds. The van der Waals surface area contributed by atoms with Crippen LogP contribution < -0.4 is 5.43 Å². The predicted octanol–water partition coefficient (Wildman–Crippen LogP) is 3.03. The van der Waals surface area contributed by atoms with E-state index in [1.165, 1.54) is 0 Å². The summed E-state index contributed by atoms with van der Waals surface area (Å²) in [5, 5.41) is 9.62. The molecule has 3 rings (SSSR count). The summed E-state index contributed by atoms with van der Waals surface area (Å²) in [5.74, 6) is -0.969. The molecule has 0 unspecified atom stereocenters. The average molecular weight is 336 g/mol. The first-order chi connectivity index (χ1) is 9.49. The molecule has 1 heterocycles. The molecule has 0 atom stereocenters. The minimum absolute atomic E-state index is 0.163. The van der Waals surface area contributed by atoms with E-state index in [2.05, 4.69) is 20.5 Å². The van der Waals surface area contributed by atoms with Crippen molar-refractivity contribution in [2.24, 2.45) is 0 Å². The van der Waals surface area contributed by atoms with Crippen LogP contribution in [0.1, 0.15) is 30.1 Å². The second-order valence-electron chi connectivity index (χ2n) is 5.23. The molecule has 20 heavy (non-hydrogen) atoms. The van der Waals surface area contributed by atoms with E-state index >= 15 is 0 Å². The Morgan fingerprint density at radius 1 is 1.45 bits per heavy atom. The number of carboxylic acid groups (broad SMARTS) is 1. The third-order valence-corrected chi connectivity index (χ3v) is 4.27. The molecule has 1 N–H and O–H groups in total. The monoisotopic (exact) mass is 335 g/mol. The van der Waals surface area contributed by atoms with Gasteiger partial charge in [-0.15, -0.1) is 0 Å². The number of halogens is 1. The van der Waals surface area contributed by atoms with E-state index in [1.54, 1.807) is 6.07 Å². The lowest BCUT2D eigenvalue weighted by Gasteiger charge is -2.17.